The lowest BCUT2D eigenvalue weighted by Crippen LogP contribution is -2.35. The molecule has 1 aromatic carbocycles. The lowest BCUT2D eigenvalue weighted by Gasteiger charge is -2.13. The van der Waals surface area contributed by atoms with Gasteiger partial charge in [0.25, 0.3) is 5.91 Å². The number of carbonyl (C=O) groups is 1. The Hall–Kier alpha value is -2.48. The standard InChI is InChI=1S/C15H14F3NO4/c16-15(17,18)11-1-3-13(4-2-11)23-9-12(20)7-19-14(21)10-5-6-22-8-10/h1-6,8,12,20H,7,9H2,(H,19,21)/t12-/m0/s1. The molecule has 0 fully saturated rings. The zero-order valence-electron chi connectivity index (χ0n) is 11.8. The molecule has 0 saturated carbocycles. The number of aliphatic hydroxyl groups is 1. The zero-order valence-corrected chi connectivity index (χ0v) is 11.8. The van der Waals surface area contributed by atoms with E-state index < -0.39 is 23.8 Å². The molecular formula is C15H14F3NO4. The molecule has 2 aromatic rings. The van der Waals surface area contributed by atoms with Gasteiger partial charge in [0.05, 0.1) is 17.4 Å². The Morgan fingerprint density at radius 2 is 1.96 bits per heavy atom. The summed E-state index contributed by atoms with van der Waals surface area (Å²) in [4.78, 5) is 11.6. The largest absolute Gasteiger partial charge is 0.491 e. The second-order valence-electron chi connectivity index (χ2n) is 4.71. The van der Waals surface area contributed by atoms with Crippen LogP contribution in [0.3, 0.4) is 0 Å². The number of halogens is 3. The Morgan fingerprint density at radius 3 is 2.52 bits per heavy atom. The molecule has 0 aliphatic heterocycles. The van der Waals surface area contributed by atoms with Crippen molar-refractivity contribution in [3.05, 3.63) is 54.0 Å². The van der Waals surface area contributed by atoms with Gasteiger partial charge in [-0.2, -0.15) is 13.2 Å². The number of furan rings is 1. The topological polar surface area (TPSA) is 71.7 Å². The highest BCUT2D eigenvalue weighted by Gasteiger charge is 2.30. The first-order valence-electron chi connectivity index (χ1n) is 6.65. The molecule has 1 atom stereocenters. The number of hydrogen-bond acceptors (Lipinski definition) is 4. The van der Waals surface area contributed by atoms with Crippen LogP contribution in [0.15, 0.2) is 47.3 Å². The Balaban J connectivity index is 1.76. The summed E-state index contributed by atoms with van der Waals surface area (Å²) in [7, 11) is 0. The van der Waals surface area contributed by atoms with Crippen molar-refractivity contribution in [2.24, 2.45) is 0 Å². The van der Waals surface area contributed by atoms with Gasteiger partial charge < -0.3 is 19.6 Å². The van der Waals surface area contributed by atoms with Crippen molar-refractivity contribution in [2.45, 2.75) is 12.3 Å². The van der Waals surface area contributed by atoms with Crippen LogP contribution in [-0.4, -0.2) is 30.3 Å². The minimum absolute atomic E-state index is 0.0648. The van der Waals surface area contributed by atoms with E-state index in [-0.39, 0.29) is 18.9 Å². The lowest BCUT2D eigenvalue weighted by molar-refractivity contribution is -0.137. The van der Waals surface area contributed by atoms with Gasteiger partial charge in [-0.25, -0.2) is 0 Å². The van der Waals surface area contributed by atoms with Gasteiger partial charge in [-0.1, -0.05) is 0 Å². The van der Waals surface area contributed by atoms with Gasteiger partial charge in [0, 0.05) is 6.54 Å². The maximum Gasteiger partial charge on any atom is 0.416 e. The van der Waals surface area contributed by atoms with E-state index in [4.69, 9.17) is 9.15 Å². The summed E-state index contributed by atoms with van der Waals surface area (Å²) in [6, 6.07) is 5.59. The van der Waals surface area contributed by atoms with Crippen molar-refractivity contribution in [1.82, 2.24) is 5.32 Å². The van der Waals surface area contributed by atoms with E-state index >= 15 is 0 Å². The molecular weight excluding hydrogens is 315 g/mol. The Labute approximate surface area is 129 Å². The molecule has 1 aromatic heterocycles. The molecule has 23 heavy (non-hydrogen) atoms. The van der Waals surface area contributed by atoms with E-state index in [1.165, 1.54) is 30.7 Å². The highest BCUT2D eigenvalue weighted by molar-refractivity contribution is 5.93. The number of amides is 1. The van der Waals surface area contributed by atoms with E-state index in [0.717, 1.165) is 12.1 Å². The van der Waals surface area contributed by atoms with Gasteiger partial charge in [-0.15, -0.1) is 0 Å². The number of carbonyl (C=O) groups excluding carboxylic acids is 1. The molecule has 5 nitrogen and oxygen atoms in total. The SMILES string of the molecule is O=C(NC[C@H](O)COc1ccc(C(F)(F)F)cc1)c1ccoc1. The maximum atomic E-state index is 12.4. The number of nitrogens with one attached hydrogen (secondary N) is 1. The smallest absolute Gasteiger partial charge is 0.416 e. The molecule has 1 amide bonds. The average molecular weight is 329 g/mol. The van der Waals surface area contributed by atoms with Crippen LogP contribution in [0.1, 0.15) is 15.9 Å². The third kappa shape index (κ3) is 5.03. The Bertz CT molecular complexity index is 623. The van der Waals surface area contributed by atoms with Crippen LogP contribution in [0.25, 0.3) is 0 Å². The Morgan fingerprint density at radius 1 is 1.26 bits per heavy atom. The summed E-state index contributed by atoms with van der Waals surface area (Å²) in [5.74, 6) is -0.217. The molecule has 0 unspecified atom stereocenters. The first kappa shape index (κ1) is 16.9. The van der Waals surface area contributed by atoms with Gasteiger partial charge in [0.15, 0.2) is 0 Å². The van der Waals surface area contributed by atoms with Gasteiger partial charge >= 0.3 is 6.18 Å². The zero-order chi connectivity index (χ0) is 16.9. The van der Waals surface area contributed by atoms with Crippen molar-refractivity contribution >= 4 is 5.91 Å². The fourth-order valence-electron chi connectivity index (χ4n) is 1.70. The normalized spacial score (nSPS) is 12.7. The second-order valence-corrected chi connectivity index (χ2v) is 4.71. The molecule has 0 spiro atoms. The quantitative estimate of drug-likeness (QED) is 0.854. The molecule has 8 heteroatoms. The van der Waals surface area contributed by atoms with Crippen molar-refractivity contribution in [3.63, 3.8) is 0 Å². The fourth-order valence-corrected chi connectivity index (χ4v) is 1.70. The van der Waals surface area contributed by atoms with E-state index in [0.29, 0.717) is 5.56 Å². The van der Waals surface area contributed by atoms with Gasteiger partial charge in [0.2, 0.25) is 0 Å². The van der Waals surface area contributed by atoms with Crippen molar-refractivity contribution < 1.29 is 32.2 Å². The van der Waals surface area contributed by atoms with Gasteiger partial charge in [-0.3, -0.25) is 4.79 Å². The summed E-state index contributed by atoms with van der Waals surface area (Å²) in [6.07, 6.45) is -2.80. The predicted molar refractivity (Wildman–Crippen MR) is 74.0 cm³/mol. The summed E-state index contributed by atoms with van der Waals surface area (Å²) in [5.41, 5.74) is -0.460. The number of aliphatic hydroxyl groups excluding tert-OH is 1. The van der Waals surface area contributed by atoms with Crippen LogP contribution >= 0.6 is 0 Å². The monoisotopic (exact) mass is 329 g/mol. The van der Waals surface area contributed by atoms with Crippen LogP contribution in [0, 0.1) is 0 Å². The van der Waals surface area contributed by atoms with E-state index in [1.807, 2.05) is 0 Å². The maximum absolute atomic E-state index is 12.4. The summed E-state index contributed by atoms with van der Waals surface area (Å²) in [6.45, 7) is -0.234. The van der Waals surface area contributed by atoms with Crippen molar-refractivity contribution in [2.75, 3.05) is 13.2 Å². The minimum atomic E-state index is -4.41. The van der Waals surface area contributed by atoms with Crippen LogP contribution in [0.4, 0.5) is 13.2 Å². The molecule has 2 N–H and O–H groups in total. The van der Waals surface area contributed by atoms with Crippen LogP contribution in [0.5, 0.6) is 5.75 Å². The molecule has 0 saturated heterocycles. The molecule has 0 aliphatic rings. The summed E-state index contributed by atoms with van der Waals surface area (Å²) >= 11 is 0. The molecule has 0 aliphatic carbocycles. The van der Waals surface area contributed by atoms with Crippen LogP contribution in [0.2, 0.25) is 0 Å². The molecule has 2 rings (SSSR count). The highest BCUT2D eigenvalue weighted by Crippen LogP contribution is 2.30. The van der Waals surface area contributed by atoms with E-state index in [1.54, 1.807) is 0 Å². The fraction of sp³-hybridized carbons (Fsp3) is 0.267. The number of benzene rings is 1. The highest BCUT2D eigenvalue weighted by atomic mass is 19.4. The number of ether oxygens (including phenoxy) is 1. The average Bonchev–Trinajstić information content (AvgIpc) is 3.04. The second kappa shape index (κ2) is 7.19. The first-order valence-corrected chi connectivity index (χ1v) is 6.65. The molecule has 0 bridgehead atoms. The summed E-state index contributed by atoms with van der Waals surface area (Å²) < 4.78 is 47.1. The van der Waals surface area contributed by atoms with E-state index in [9.17, 15) is 23.1 Å². The third-order valence-electron chi connectivity index (χ3n) is 2.91. The minimum Gasteiger partial charge on any atom is -0.491 e. The molecule has 0 radical (unpaired) electrons. The number of rotatable bonds is 6. The first-order chi connectivity index (χ1) is 10.9. The van der Waals surface area contributed by atoms with Crippen molar-refractivity contribution in [3.8, 4) is 5.75 Å². The van der Waals surface area contributed by atoms with Gasteiger partial charge in [0.1, 0.15) is 24.7 Å². The van der Waals surface area contributed by atoms with Crippen LogP contribution in [-0.2, 0) is 6.18 Å². The van der Waals surface area contributed by atoms with Gasteiger partial charge in [-0.05, 0) is 30.3 Å². The lowest BCUT2D eigenvalue weighted by atomic mass is 10.2. The summed E-state index contributed by atoms with van der Waals surface area (Å²) in [5, 5.41) is 12.2. The Kier molecular flexibility index (Phi) is 5.28. The molecule has 124 valence electrons. The van der Waals surface area contributed by atoms with Crippen LogP contribution < -0.4 is 10.1 Å². The predicted octanol–water partition coefficient (Wildman–Crippen LogP) is 2.47. The van der Waals surface area contributed by atoms with Crippen molar-refractivity contribution in [1.29, 1.82) is 0 Å². The third-order valence-corrected chi connectivity index (χ3v) is 2.91. The number of alkyl halides is 3. The molecule has 1 heterocycles. The van der Waals surface area contributed by atoms with E-state index in [2.05, 4.69) is 5.32 Å². The number of hydrogen-bond donors (Lipinski definition) is 2.